The Morgan fingerprint density at radius 1 is 1.25 bits per heavy atom. The summed E-state index contributed by atoms with van der Waals surface area (Å²) in [5.74, 6) is -1.26. The van der Waals surface area contributed by atoms with Crippen molar-refractivity contribution in [2.45, 2.75) is 94.5 Å². The Hall–Kier alpha value is -1.64. The van der Waals surface area contributed by atoms with Crippen LogP contribution in [0.15, 0.2) is 0 Å². The molecule has 3 amide bonds. The second-order valence-electron chi connectivity index (χ2n) is 8.87. The van der Waals surface area contributed by atoms with Crippen molar-refractivity contribution in [1.82, 2.24) is 15.5 Å². The van der Waals surface area contributed by atoms with Crippen molar-refractivity contribution in [3.8, 4) is 0 Å². The highest BCUT2D eigenvalue weighted by Gasteiger charge is 2.67. The van der Waals surface area contributed by atoms with Gasteiger partial charge < -0.3 is 15.5 Å². The summed E-state index contributed by atoms with van der Waals surface area (Å²) >= 11 is 0. The third-order valence-corrected chi connectivity index (χ3v) is 9.52. The predicted molar refractivity (Wildman–Crippen MR) is 104 cm³/mol. The number of fused-ring (bicyclic) bond motifs is 1. The van der Waals surface area contributed by atoms with E-state index in [0.717, 1.165) is 25.7 Å². The number of carbonyl (C=O) groups excluding carboxylic acids is 3. The summed E-state index contributed by atoms with van der Waals surface area (Å²) < 4.78 is 24.1. The van der Waals surface area contributed by atoms with Gasteiger partial charge in [-0.3, -0.25) is 14.4 Å². The predicted octanol–water partition coefficient (Wildman–Crippen LogP) is 0.710. The van der Waals surface area contributed by atoms with Crippen LogP contribution in [0.2, 0.25) is 0 Å². The van der Waals surface area contributed by atoms with Crippen LogP contribution in [0.5, 0.6) is 0 Å². The summed E-state index contributed by atoms with van der Waals surface area (Å²) in [6.07, 6.45) is 4.64. The van der Waals surface area contributed by atoms with Gasteiger partial charge in [0.2, 0.25) is 17.7 Å². The number of hydrogen-bond acceptors (Lipinski definition) is 5. The van der Waals surface area contributed by atoms with Crippen molar-refractivity contribution in [2.24, 2.45) is 5.92 Å². The third-order valence-electron chi connectivity index (χ3n) is 6.72. The van der Waals surface area contributed by atoms with Crippen LogP contribution in [0.4, 0.5) is 0 Å². The van der Waals surface area contributed by atoms with Crippen LogP contribution in [0.1, 0.15) is 66.2 Å². The number of β-lactam (4-membered cyclic amide) rings is 1. The molecule has 2 aliphatic heterocycles. The molecule has 1 saturated carbocycles. The zero-order valence-electron chi connectivity index (χ0n) is 17.0. The monoisotopic (exact) mass is 413 g/mol. The Morgan fingerprint density at radius 2 is 1.86 bits per heavy atom. The summed E-state index contributed by atoms with van der Waals surface area (Å²) in [6, 6.07) is -1.75. The molecule has 0 bridgehead atoms. The first-order valence-electron chi connectivity index (χ1n) is 10.2. The molecular formula is C19H31N3O5S. The highest BCUT2D eigenvalue weighted by atomic mass is 32.2. The van der Waals surface area contributed by atoms with Crippen molar-refractivity contribution >= 4 is 27.6 Å². The van der Waals surface area contributed by atoms with E-state index in [0.29, 0.717) is 6.42 Å². The molecule has 0 spiro atoms. The van der Waals surface area contributed by atoms with E-state index in [1.165, 1.54) is 18.7 Å². The van der Waals surface area contributed by atoms with E-state index in [2.05, 4.69) is 10.6 Å². The van der Waals surface area contributed by atoms with Crippen LogP contribution < -0.4 is 10.6 Å². The molecule has 0 aromatic heterocycles. The highest BCUT2D eigenvalue weighted by molar-refractivity contribution is 7.93. The molecular weight excluding hydrogens is 382 g/mol. The Balaban J connectivity index is 1.79. The van der Waals surface area contributed by atoms with Gasteiger partial charge in [-0.2, -0.15) is 0 Å². The first kappa shape index (κ1) is 21.1. The smallest absolute Gasteiger partial charge is 0.245 e. The van der Waals surface area contributed by atoms with Crippen molar-refractivity contribution in [3.05, 3.63) is 0 Å². The lowest BCUT2D eigenvalue weighted by atomic mass is 9.94. The van der Waals surface area contributed by atoms with Gasteiger partial charge in [0.1, 0.15) is 17.5 Å². The fourth-order valence-corrected chi connectivity index (χ4v) is 6.68. The Morgan fingerprint density at radius 3 is 2.39 bits per heavy atom. The topological polar surface area (TPSA) is 113 Å². The normalized spacial score (nSPS) is 30.3. The second kappa shape index (κ2) is 7.31. The molecule has 158 valence electrons. The van der Waals surface area contributed by atoms with Gasteiger partial charge in [0.15, 0.2) is 9.84 Å². The highest BCUT2D eigenvalue weighted by Crippen LogP contribution is 2.45. The van der Waals surface area contributed by atoms with E-state index in [9.17, 15) is 22.8 Å². The van der Waals surface area contributed by atoms with E-state index in [-0.39, 0.29) is 30.2 Å². The van der Waals surface area contributed by atoms with Gasteiger partial charge in [-0.1, -0.05) is 33.1 Å². The maximum Gasteiger partial charge on any atom is 0.245 e. The van der Waals surface area contributed by atoms with Gasteiger partial charge in [-0.05, 0) is 32.6 Å². The Bertz CT molecular complexity index is 772. The SMILES string of the molecule is CC[C@@H](C)[C@H](NC(=O)[C@@H]1N2C(=O)C[C@H]2S(=O)(=O)C1(C)C)C(=O)NC1CCCC1. The molecule has 0 aromatic carbocycles. The first-order chi connectivity index (χ1) is 13.0. The van der Waals surface area contributed by atoms with Gasteiger partial charge in [-0.25, -0.2) is 8.42 Å². The molecule has 1 aliphatic carbocycles. The molecule has 3 fully saturated rings. The largest absolute Gasteiger partial charge is 0.352 e. The number of sulfone groups is 1. The van der Waals surface area contributed by atoms with Crippen molar-refractivity contribution in [2.75, 3.05) is 0 Å². The molecule has 9 heteroatoms. The fraction of sp³-hybridized carbons (Fsp3) is 0.842. The van der Waals surface area contributed by atoms with Crippen LogP contribution in [0.3, 0.4) is 0 Å². The Kier molecular flexibility index (Phi) is 5.51. The lowest BCUT2D eigenvalue weighted by Gasteiger charge is -2.37. The average molecular weight is 414 g/mol. The zero-order valence-corrected chi connectivity index (χ0v) is 17.8. The number of hydrogen-bond donors (Lipinski definition) is 2. The van der Waals surface area contributed by atoms with E-state index >= 15 is 0 Å². The van der Waals surface area contributed by atoms with Crippen molar-refractivity contribution in [1.29, 1.82) is 0 Å². The molecule has 0 aromatic rings. The van der Waals surface area contributed by atoms with E-state index in [4.69, 9.17) is 0 Å². The minimum atomic E-state index is -3.65. The summed E-state index contributed by atoms with van der Waals surface area (Å²) in [5.41, 5.74) is 0. The molecule has 2 saturated heterocycles. The molecule has 0 radical (unpaired) electrons. The fourth-order valence-electron chi connectivity index (χ4n) is 4.55. The first-order valence-corrected chi connectivity index (χ1v) is 11.7. The van der Waals surface area contributed by atoms with Crippen molar-refractivity contribution in [3.63, 3.8) is 0 Å². The maximum atomic E-state index is 13.1. The van der Waals surface area contributed by atoms with E-state index in [1.54, 1.807) is 0 Å². The number of nitrogens with zero attached hydrogens (tertiary/aromatic N) is 1. The lowest BCUT2D eigenvalue weighted by molar-refractivity contribution is -0.150. The van der Waals surface area contributed by atoms with Crippen LogP contribution >= 0.6 is 0 Å². The van der Waals surface area contributed by atoms with Crippen molar-refractivity contribution < 1.29 is 22.8 Å². The van der Waals surface area contributed by atoms with E-state index in [1.807, 2.05) is 13.8 Å². The number of amides is 3. The standard InChI is InChI=1S/C19H31N3O5S/c1-5-11(2)15(17(24)20-12-8-6-7-9-12)21-18(25)16-19(3,4)28(26,27)14-10-13(23)22(14)16/h11-12,14-16H,5-10H2,1-4H3,(H,20,24)(H,21,25)/t11-,14-,15+,16+/m1/s1. The molecule has 0 unspecified atom stereocenters. The molecule has 4 atom stereocenters. The van der Waals surface area contributed by atoms with Gasteiger partial charge in [0.05, 0.1) is 11.2 Å². The molecule has 8 nitrogen and oxygen atoms in total. The Labute approximate surface area is 166 Å². The van der Waals surface area contributed by atoms with E-state index < -0.39 is 37.9 Å². The number of nitrogens with one attached hydrogen (secondary N) is 2. The number of carbonyl (C=O) groups is 3. The second-order valence-corrected chi connectivity index (χ2v) is 11.6. The van der Waals surface area contributed by atoms with Gasteiger partial charge in [0.25, 0.3) is 0 Å². The molecule has 2 N–H and O–H groups in total. The minimum Gasteiger partial charge on any atom is -0.352 e. The summed E-state index contributed by atoms with van der Waals surface area (Å²) in [7, 11) is -3.65. The molecule has 28 heavy (non-hydrogen) atoms. The van der Waals surface area contributed by atoms with Crippen LogP contribution in [-0.2, 0) is 24.2 Å². The molecule has 3 aliphatic rings. The summed E-state index contributed by atoms with van der Waals surface area (Å²) in [5, 5.41) is 4.86. The summed E-state index contributed by atoms with van der Waals surface area (Å²) in [6.45, 7) is 6.78. The van der Waals surface area contributed by atoms with Gasteiger partial charge in [0, 0.05) is 6.04 Å². The summed E-state index contributed by atoms with van der Waals surface area (Å²) in [4.78, 5) is 39.2. The minimum absolute atomic E-state index is 0.0769. The lowest BCUT2D eigenvalue weighted by Crippen LogP contribution is -2.62. The van der Waals surface area contributed by atoms with Crippen LogP contribution in [0, 0.1) is 5.92 Å². The van der Waals surface area contributed by atoms with Crippen LogP contribution in [-0.4, -0.2) is 59.3 Å². The van der Waals surface area contributed by atoms with Gasteiger partial charge >= 0.3 is 0 Å². The number of rotatable bonds is 6. The average Bonchev–Trinajstić information content (AvgIpc) is 3.16. The molecule has 3 rings (SSSR count). The third kappa shape index (κ3) is 3.21. The quantitative estimate of drug-likeness (QED) is 0.623. The maximum absolute atomic E-state index is 13.1. The van der Waals surface area contributed by atoms with Gasteiger partial charge in [-0.15, -0.1) is 0 Å². The van der Waals surface area contributed by atoms with Crippen LogP contribution in [0.25, 0.3) is 0 Å². The molecule has 2 heterocycles. The zero-order chi connectivity index (χ0) is 20.9.